The molecule has 7 nitrogen and oxygen atoms in total. The molecule has 0 bridgehead atoms. The summed E-state index contributed by atoms with van der Waals surface area (Å²) in [4.78, 5) is 2.43. The van der Waals surface area contributed by atoms with E-state index in [4.69, 9.17) is 0 Å². The minimum atomic E-state index is -3.46. The molecule has 0 aliphatic carbocycles. The number of rotatable bonds is 5. The van der Waals surface area contributed by atoms with Gasteiger partial charge in [-0.2, -0.15) is 4.31 Å². The smallest absolute Gasteiger partial charge is 0.243 e. The summed E-state index contributed by atoms with van der Waals surface area (Å²) < 4.78 is 27.3. The van der Waals surface area contributed by atoms with Gasteiger partial charge >= 0.3 is 0 Å². The van der Waals surface area contributed by atoms with Crippen LogP contribution in [0.1, 0.15) is 18.1 Å². The molecule has 1 aromatic heterocycles. The molecule has 3 rings (SSSR count). The molecule has 0 unspecified atom stereocenters. The van der Waals surface area contributed by atoms with Crippen molar-refractivity contribution in [1.29, 1.82) is 0 Å². The lowest BCUT2D eigenvalue weighted by Gasteiger charge is -2.34. The molecule has 1 saturated heterocycles. The molecule has 8 heteroatoms. The second-order valence-corrected chi connectivity index (χ2v) is 8.38. The Kier molecular flexibility index (Phi) is 5.43. The minimum Gasteiger partial charge on any atom is -0.369 e. The summed E-state index contributed by atoms with van der Waals surface area (Å²) in [5.74, 6) is 1.52. The van der Waals surface area contributed by atoms with E-state index < -0.39 is 10.0 Å². The maximum Gasteiger partial charge on any atom is 0.243 e. The fourth-order valence-corrected chi connectivity index (χ4v) is 4.46. The first-order valence-corrected chi connectivity index (χ1v) is 10.3. The minimum absolute atomic E-state index is 0.365. The van der Waals surface area contributed by atoms with Crippen molar-refractivity contribution in [3.8, 4) is 0 Å². The van der Waals surface area contributed by atoms with Crippen LogP contribution in [0.5, 0.6) is 0 Å². The summed E-state index contributed by atoms with van der Waals surface area (Å²) in [6.07, 6.45) is 0. The highest BCUT2D eigenvalue weighted by Gasteiger charge is 2.29. The van der Waals surface area contributed by atoms with E-state index in [1.165, 1.54) is 0 Å². The van der Waals surface area contributed by atoms with E-state index in [2.05, 4.69) is 20.4 Å². The maximum atomic E-state index is 12.9. The zero-order chi connectivity index (χ0) is 18.7. The summed E-state index contributed by atoms with van der Waals surface area (Å²) >= 11 is 0. The second-order valence-electron chi connectivity index (χ2n) is 6.44. The summed E-state index contributed by atoms with van der Waals surface area (Å²) in [7, 11) is -3.46. The van der Waals surface area contributed by atoms with Crippen molar-refractivity contribution in [2.45, 2.75) is 25.7 Å². The van der Waals surface area contributed by atoms with Crippen LogP contribution in [0.25, 0.3) is 0 Å². The van der Waals surface area contributed by atoms with Crippen molar-refractivity contribution < 1.29 is 8.42 Å². The van der Waals surface area contributed by atoms with Gasteiger partial charge in [0.2, 0.25) is 10.0 Å². The highest BCUT2D eigenvalue weighted by molar-refractivity contribution is 7.89. The molecule has 1 aliphatic rings. The Morgan fingerprint density at radius 3 is 2.31 bits per heavy atom. The van der Waals surface area contributed by atoms with Gasteiger partial charge in [0, 0.05) is 32.7 Å². The van der Waals surface area contributed by atoms with Crippen molar-refractivity contribution >= 4 is 21.7 Å². The number of anilines is 2. The van der Waals surface area contributed by atoms with Gasteiger partial charge in [-0.05, 0) is 56.2 Å². The van der Waals surface area contributed by atoms with Gasteiger partial charge in [0.25, 0.3) is 0 Å². The number of aryl methyl sites for hydroxylation is 2. The summed E-state index contributed by atoms with van der Waals surface area (Å²) in [5.41, 5.74) is 2.08. The van der Waals surface area contributed by atoms with Crippen molar-refractivity contribution in [3.63, 3.8) is 0 Å². The van der Waals surface area contributed by atoms with Crippen molar-refractivity contribution in [1.82, 2.24) is 14.5 Å². The third-order valence-corrected chi connectivity index (χ3v) is 6.58. The van der Waals surface area contributed by atoms with Crippen molar-refractivity contribution in [2.75, 3.05) is 42.9 Å². The van der Waals surface area contributed by atoms with Crippen LogP contribution in [-0.4, -0.2) is 55.6 Å². The van der Waals surface area contributed by atoms with Gasteiger partial charge in [-0.25, -0.2) is 8.42 Å². The molecule has 0 spiro atoms. The normalized spacial score (nSPS) is 15.9. The van der Waals surface area contributed by atoms with E-state index in [0.717, 1.165) is 29.3 Å². The Morgan fingerprint density at radius 2 is 1.73 bits per heavy atom. The predicted molar refractivity (Wildman–Crippen MR) is 103 cm³/mol. The molecule has 26 heavy (non-hydrogen) atoms. The monoisotopic (exact) mass is 375 g/mol. The molecule has 0 saturated carbocycles. The molecule has 0 atom stereocenters. The SMILES string of the molecule is CCNc1ccc(N2CCN(S(=O)(=O)c3ccc(C)c(C)c3)CC2)nn1. The summed E-state index contributed by atoms with van der Waals surface area (Å²) in [6.45, 7) is 8.78. The molecule has 2 aromatic rings. The topological polar surface area (TPSA) is 78.4 Å². The van der Waals surface area contributed by atoms with E-state index in [0.29, 0.717) is 31.1 Å². The molecule has 1 N–H and O–H groups in total. The average Bonchev–Trinajstić information content (AvgIpc) is 2.65. The van der Waals surface area contributed by atoms with Gasteiger partial charge in [0.15, 0.2) is 5.82 Å². The van der Waals surface area contributed by atoms with Crippen LogP contribution in [0.4, 0.5) is 11.6 Å². The number of nitrogens with zero attached hydrogens (tertiary/aromatic N) is 4. The molecular weight excluding hydrogens is 350 g/mol. The number of nitrogens with one attached hydrogen (secondary N) is 1. The number of piperazine rings is 1. The van der Waals surface area contributed by atoms with Crippen LogP contribution in [0.2, 0.25) is 0 Å². The van der Waals surface area contributed by atoms with E-state index in [-0.39, 0.29) is 0 Å². The van der Waals surface area contributed by atoms with Gasteiger partial charge in [0.05, 0.1) is 4.90 Å². The van der Waals surface area contributed by atoms with Crippen LogP contribution in [0.15, 0.2) is 35.2 Å². The zero-order valence-corrected chi connectivity index (χ0v) is 16.3. The third kappa shape index (κ3) is 3.81. The molecule has 1 aliphatic heterocycles. The van der Waals surface area contributed by atoms with Crippen LogP contribution < -0.4 is 10.2 Å². The highest BCUT2D eigenvalue weighted by Crippen LogP contribution is 2.22. The first-order chi connectivity index (χ1) is 12.4. The van der Waals surface area contributed by atoms with Gasteiger partial charge in [-0.15, -0.1) is 10.2 Å². The van der Waals surface area contributed by atoms with Gasteiger partial charge in [-0.1, -0.05) is 6.07 Å². The van der Waals surface area contributed by atoms with Gasteiger partial charge < -0.3 is 10.2 Å². The second kappa shape index (κ2) is 7.59. The lowest BCUT2D eigenvalue weighted by Crippen LogP contribution is -2.49. The molecule has 0 radical (unpaired) electrons. The molecule has 140 valence electrons. The summed E-state index contributed by atoms with van der Waals surface area (Å²) in [6, 6.07) is 9.11. The largest absolute Gasteiger partial charge is 0.369 e. The zero-order valence-electron chi connectivity index (χ0n) is 15.4. The number of sulfonamides is 1. The summed E-state index contributed by atoms with van der Waals surface area (Å²) in [5, 5.41) is 11.5. The average molecular weight is 375 g/mol. The lowest BCUT2D eigenvalue weighted by molar-refractivity contribution is 0.383. The molecule has 0 amide bonds. The molecule has 1 fully saturated rings. The number of aromatic nitrogens is 2. The standard InChI is InChI=1S/C18H25N5O2S/c1-4-19-17-7-8-18(21-20-17)22-9-11-23(12-10-22)26(24,25)16-6-5-14(2)15(3)13-16/h5-8,13H,4,9-12H2,1-3H3,(H,19,20). The van der Waals surface area contributed by atoms with Crippen LogP contribution in [-0.2, 0) is 10.0 Å². The Labute approximate surface area is 155 Å². The van der Waals surface area contributed by atoms with Crippen LogP contribution in [0, 0.1) is 13.8 Å². The molecule has 2 heterocycles. The van der Waals surface area contributed by atoms with E-state index in [1.807, 2.05) is 39.0 Å². The first kappa shape index (κ1) is 18.6. The quantitative estimate of drug-likeness (QED) is 0.862. The third-order valence-electron chi connectivity index (χ3n) is 4.69. The Hall–Kier alpha value is -2.19. The first-order valence-electron chi connectivity index (χ1n) is 8.82. The highest BCUT2D eigenvalue weighted by atomic mass is 32.2. The van der Waals surface area contributed by atoms with Crippen LogP contribution in [0.3, 0.4) is 0 Å². The Morgan fingerprint density at radius 1 is 1.00 bits per heavy atom. The number of hydrogen-bond acceptors (Lipinski definition) is 6. The Bertz CT molecular complexity index is 860. The molecular formula is C18H25N5O2S. The number of hydrogen-bond donors (Lipinski definition) is 1. The lowest BCUT2D eigenvalue weighted by atomic mass is 10.1. The fourth-order valence-electron chi connectivity index (χ4n) is 2.95. The van der Waals surface area contributed by atoms with Crippen molar-refractivity contribution in [2.24, 2.45) is 0 Å². The van der Waals surface area contributed by atoms with E-state index >= 15 is 0 Å². The van der Waals surface area contributed by atoms with Crippen LogP contribution >= 0.6 is 0 Å². The predicted octanol–water partition coefficient (Wildman–Crippen LogP) is 2.04. The maximum absolute atomic E-state index is 12.9. The van der Waals surface area contributed by atoms with E-state index in [9.17, 15) is 8.42 Å². The fraction of sp³-hybridized carbons (Fsp3) is 0.444. The van der Waals surface area contributed by atoms with E-state index in [1.54, 1.807) is 16.4 Å². The number of benzene rings is 1. The molecule has 1 aromatic carbocycles. The van der Waals surface area contributed by atoms with Gasteiger partial charge in [0.1, 0.15) is 5.82 Å². The van der Waals surface area contributed by atoms with Gasteiger partial charge in [-0.3, -0.25) is 0 Å². The Balaban J connectivity index is 1.68. The van der Waals surface area contributed by atoms with Crippen molar-refractivity contribution in [3.05, 3.63) is 41.5 Å².